The third-order valence-corrected chi connectivity index (χ3v) is 6.96. The molecule has 3 aromatic carbocycles. The monoisotopic (exact) mass is 542 g/mol. The van der Waals surface area contributed by atoms with E-state index in [9.17, 15) is 4.79 Å². The lowest BCUT2D eigenvalue weighted by atomic mass is 10.1. The quantitative estimate of drug-likeness (QED) is 0.284. The maximum atomic E-state index is 13.3. The van der Waals surface area contributed by atoms with Crippen LogP contribution in [0.3, 0.4) is 0 Å². The molecule has 2 N–H and O–H groups in total. The van der Waals surface area contributed by atoms with Gasteiger partial charge in [0.25, 0.3) is 5.91 Å². The fourth-order valence-corrected chi connectivity index (χ4v) is 4.62. The normalized spacial score (nSPS) is 13.7. The van der Waals surface area contributed by atoms with E-state index in [1.807, 2.05) is 44.2 Å². The highest BCUT2D eigenvalue weighted by Crippen LogP contribution is 2.29. The Bertz CT molecular complexity index is 1450. The molecule has 0 atom stereocenters. The van der Waals surface area contributed by atoms with Crippen LogP contribution in [0.5, 0.6) is 11.6 Å². The molecule has 0 unspecified atom stereocenters. The van der Waals surface area contributed by atoms with Gasteiger partial charge >= 0.3 is 0 Å². The Morgan fingerprint density at radius 1 is 0.949 bits per heavy atom. The average molecular weight is 543 g/mol. The van der Waals surface area contributed by atoms with Crippen molar-refractivity contribution in [1.82, 2.24) is 14.9 Å². The van der Waals surface area contributed by atoms with E-state index in [4.69, 9.17) is 16.3 Å². The maximum Gasteiger partial charge on any atom is 0.262 e. The second-order valence-corrected chi connectivity index (χ2v) is 10.1. The highest BCUT2D eigenvalue weighted by molar-refractivity contribution is 6.30. The van der Waals surface area contributed by atoms with Gasteiger partial charge in [0.2, 0.25) is 11.8 Å². The van der Waals surface area contributed by atoms with E-state index in [0.717, 1.165) is 48.7 Å². The number of amides is 1. The van der Waals surface area contributed by atoms with E-state index in [2.05, 4.69) is 49.6 Å². The second kappa shape index (κ2) is 11.7. The molecule has 1 fully saturated rings. The molecule has 0 saturated carbocycles. The SMILES string of the molecule is Cc1cccc(C)c1NC(=O)c1cnc(Nc2ccc(N3CCN(C)CC3)cc2)nc1Oc1cccc(Cl)c1. The first-order valence-electron chi connectivity index (χ1n) is 12.8. The number of aromatic nitrogens is 2. The number of piperazine rings is 1. The van der Waals surface area contributed by atoms with Crippen molar-refractivity contribution in [2.45, 2.75) is 13.8 Å². The fourth-order valence-electron chi connectivity index (χ4n) is 4.44. The van der Waals surface area contributed by atoms with Crippen LogP contribution in [0.2, 0.25) is 5.02 Å². The van der Waals surface area contributed by atoms with Crippen molar-refractivity contribution in [3.05, 3.63) is 94.6 Å². The van der Waals surface area contributed by atoms with Gasteiger partial charge in [0.05, 0.1) is 0 Å². The number of halogens is 1. The van der Waals surface area contributed by atoms with Gasteiger partial charge in [0.15, 0.2) is 0 Å². The van der Waals surface area contributed by atoms with Gasteiger partial charge in [0.1, 0.15) is 11.3 Å². The van der Waals surface area contributed by atoms with Gasteiger partial charge in [-0.15, -0.1) is 0 Å². The number of anilines is 4. The molecule has 4 aromatic rings. The van der Waals surface area contributed by atoms with Crippen molar-refractivity contribution >= 4 is 40.5 Å². The van der Waals surface area contributed by atoms with Crippen molar-refractivity contribution < 1.29 is 9.53 Å². The Hall–Kier alpha value is -4.14. The topological polar surface area (TPSA) is 82.6 Å². The molecule has 1 saturated heterocycles. The lowest BCUT2D eigenvalue weighted by molar-refractivity contribution is 0.102. The highest BCUT2D eigenvalue weighted by Gasteiger charge is 2.19. The zero-order chi connectivity index (χ0) is 27.4. The average Bonchev–Trinajstić information content (AvgIpc) is 2.92. The highest BCUT2D eigenvalue weighted by atomic mass is 35.5. The first-order valence-corrected chi connectivity index (χ1v) is 13.2. The summed E-state index contributed by atoms with van der Waals surface area (Å²) in [5.41, 5.74) is 4.87. The molecule has 1 aromatic heterocycles. The van der Waals surface area contributed by atoms with Crippen molar-refractivity contribution in [3.8, 4) is 11.6 Å². The number of hydrogen-bond donors (Lipinski definition) is 2. The summed E-state index contributed by atoms with van der Waals surface area (Å²) in [6, 6.07) is 21.0. The predicted molar refractivity (Wildman–Crippen MR) is 157 cm³/mol. The van der Waals surface area contributed by atoms with Gasteiger partial charge in [-0.2, -0.15) is 4.98 Å². The van der Waals surface area contributed by atoms with E-state index < -0.39 is 0 Å². The maximum absolute atomic E-state index is 13.3. The Morgan fingerprint density at radius 3 is 2.33 bits per heavy atom. The van der Waals surface area contributed by atoms with Crippen molar-refractivity contribution in [3.63, 3.8) is 0 Å². The summed E-state index contributed by atoms with van der Waals surface area (Å²) in [4.78, 5) is 27.0. The van der Waals surface area contributed by atoms with Gasteiger partial charge in [-0.1, -0.05) is 35.9 Å². The molecule has 5 rings (SSSR count). The first kappa shape index (κ1) is 26.5. The zero-order valence-electron chi connectivity index (χ0n) is 22.2. The number of hydrogen-bond acceptors (Lipinski definition) is 7. The molecule has 0 spiro atoms. The lowest BCUT2D eigenvalue weighted by Gasteiger charge is -2.34. The van der Waals surface area contributed by atoms with E-state index in [-0.39, 0.29) is 17.4 Å². The fraction of sp³-hybridized carbons (Fsp3) is 0.233. The molecular weight excluding hydrogens is 512 g/mol. The molecular formula is C30H31ClN6O2. The van der Waals surface area contributed by atoms with Crippen LogP contribution in [0.25, 0.3) is 0 Å². The number of ether oxygens (including phenoxy) is 1. The molecule has 39 heavy (non-hydrogen) atoms. The number of carbonyl (C=O) groups excluding carboxylic acids is 1. The van der Waals surface area contributed by atoms with Gasteiger partial charge in [-0.25, -0.2) is 4.98 Å². The van der Waals surface area contributed by atoms with Crippen LogP contribution >= 0.6 is 11.6 Å². The molecule has 200 valence electrons. The second-order valence-electron chi connectivity index (χ2n) is 9.66. The molecule has 9 heteroatoms. The minimum Gasteiger partial charge on any atom is -0.438 e. The summed E-state index contributed by atoms with van der Waals surface area (Å²) in [6.07, 6.45) is 1.47. The number of nitrogens with zero attached hydrogens (tertiary/aromatic N) is 4. The summed E-state index contributed by atoms with van der Waals surface area (Å²) in [5.74, 6) is 0.521. The Morgan fingerprint density at radius 2 is 1.64 bits per heavy atom. The standard InChI is InChI=1S/C30H31ClN6O2/c1-20-6-4-7-21(2)27(20)34-28(38)26-19-32-30(35-29(26)39-25-9-5-8-22(31)18-25)33-23-10-12-24(13-11-23)37-16-14-36(3)15-17-37/h4-13,18-19H,14-17H2,1-3H3,(H,34,38)(H,32,33,35). The van der Waals surface area contributed by atoms with Gasteiger partial charge in [-0.3, -0.25) is 4.79 Å². The Labute approximate surface area is 233 Å². The Kier molecular flexibility index (Phi) is 7.95. The van der Waals surface area contributed by atoms with Crippen molar-refractivity contribution in [1.29, 1.82) is 0 Å². The summed E-state index contributed by atoms with van der Waals surface area (Å²) in [5, 5.41) is 6.73. The molecule has 8 nitrogen and oxygen atoms in total. The van der Waals surface area contributed by atoms with Crippen LogP contribution in [0.15, 0.2) is 72.9 Å². The molecule has 1 amide bonds. The summed E-state index contributed by atoms with van der Waals surface area (Å²) >= 11 is 6.16. The molecule has 0 radical (unpaired) electrons. The van der Waals surface area contributed by atoms with Gasteiger partial charge < -0.3 is 25.2 Å². The minimum absolute atomic E-state index is 0.118. The summed E-state index contributed by atoms with van der Waals surface area (Å²) < 4.78 is 6.05. The molecule has 0 bridgehead atoms. The smallest absolute Gasteiger partial charge is 0.262 e. The van der Waals surface area contributed by atoms with Crippen molar-refractivity contribution in [2.75, 3.05) is 48.8 Å². The van der Waals surface area contributed by atoms with Crippen LogP contribution in [0.1, 0.15) is 21.5 Å². The summed E-state index contributed by atoms with van der Waals surface area (Å²) in [7, 11) is 2.15. The minimum atomic E-state index is -0.368. The predicted octanol–water partition coefficient (Wildman–Crippen LogP) is 6.29. The third-order valence-electron chi connectivity index (χ3n) is 6.72. The van der Waals surface area contributed by atoms with Crippen LogP contribution in [-0.2, 0) is 0 Å². The number of likely N-dealkylation sites (N-methyl/N-ethyl adjacent to an activating group) is 1. The van der Waals surface area contributed by atoms with Crippen LogP contribution in [-0.4, -0.2) is 54.0 Å². The van der Waals surface area contributed by atoms with E-state index in [1.54, 1.807) is 24.3 Å². The van der Waals surface area contributed by atoms with Gasteiger partial charge in [0, 0.05) is 54.5 Å². The van der Waals surface area contributed by atoms with Gasteiger partial charge in [-0.05, 0) is 74.5 Å². The zero-order valence-corrected chi connectivity index (χ0v) is 23.0. The Balaban J connectivity index is 1.39. The van der Waals surface area contributed by atoms with E-state index >= 15 is 0 Å². The largest absolute Gasteiger partial charge is 0.438 e. The van der Waals surface area contributed by atoms with E-state index in [1.165, 1.54) is 11.9 Å². The van der Waals surface area contributed by atoms with Crippen LogP contribution < -0.4 is 20.3 Å². The lowest BCUT2D eigenvalue weighted by Crippen LogP contribution is -2.44. The molecule has 0 aliphatic carbocycles. The number of nitrogens with one attached hydrogen (secondary N) is 2. The molecule has 1 aliphatic rings. The first-order chi connectivity index (χ1) is 18.9. The number of benzene rings is 3. The van der Waals surface area contributed by atoms with E-state index in [0.29, 0.717) is 16.7 Å². The molecule has 1 aliphatic heterocycles. The van der Waals surface area contributed by atoms with Crippen molar-refractivity contribution in [2.24, 2.45) is 0 Å². The number of para-hydroxylation sites is 1. The molecule has 2 heterocycles. The summed E-state index contributed by atoms with van der Waals surface area (Å²) in [6.45, 7) is 8.00. The number of carbonyl (C=O) groups is 1. The van der Waals surface area contributed by atoms with Crippen LogP contribution in [0.4, 0.5) is 23.0 Å². The third kappa shape index (κ3) is 6.47. The number of rotatable bonds is 7. The van der Waals surface area contributed by atoms with Crippen LogP contribution in [0, 0.1) is 13.8 Å². The number of aryl methyl sites for hydroxylation is 2.